The van der Waals surface area contributed by atoms with Crippen molar-refractivity contribution in [1.29, 1.82) is 0 Å². The van der Waals surface area contributed by atoms with E-state index in [9.17, 15) is 9.90 Å². The second-order valence-electron chi connectivity index (χ2n) is 4.79. The maximum atomic E-state index is 12.6. The number of aliphatic hydroxyl groups excluding tert-OH is 1. The van der Waals surface area contributed by atoms with E-state index < -0.39 is 12.2 Å². The van der Waals surface area contributed by atoms with Crippen molar-refractivity contribution in [2.45, 2.75) is 12.2 Å². The minimum absolute atomic E-state index is 0.109. The number of amides is 1. The van der Waals surface area contributed by atoms with Crippen LogP contribution in [-0.2, 0) is 4.79 Å². The molecule has 2 heterocycles. The van der Waals surface area contributed by atoms with Gasteiger partial charge in [-0.05, 0) is 29.8 Å². The molecule has 0 aliphatic carbocycles. The van der Waals surface area contributed by atoms with Crippen molar-refractivity contribution < 1.29 is 9.90 Å². The molecule has 1 N–H and O–H groups in total. The molecular formula is C15H14ClN3O2. The van der Waals surface area contributed by atoms with Gasteiger partial charge in [-0.1, -0.05) is 23.7 Å². The molecule has 5 nitrogen and oxygen atoms in total. The van der Waals surface area contributed by atoms with E-state index in [1.54, 1.807) is 41.5 Å². The fraction of sp³-hybridized carbons (Fsp3) is 0.267. The highest BCUT2D eigenvalue weighted by molar-refractivity contribution is 6.30. The molecule has 2 unspecified atom stereocenters. The lowest BCUT2D eigenvalue weighted by molar-refractivity contribution is -0.135. The Hall–Kier alpha value is -1.98. The van der Waals surface area contributed by atoms with Crippen LogP contribution in [0.5, 0.6) is 0 Å². The maximum absolute atomic E-state index is 12.6. The van der Waals surface area contributed by atoms with E-state index in [-0.39, 0.29) is 19.1 Å². The number of aliphatic hydroxyl groups is 1. The Balaban J connectivity index is 2.00. The SMILES string of the molecule is O=C1C(c2ccc(Cl)cc2)N=C2C=CC=NC2N1CCO. The van der Waals surface area contributed by atoms with E-state index in [4.69, 9.17) is 11.6 Å². The average Bonchev–Trinajstić information content (AvgIpc) is 2.51. The van der Waals surface area contributed by atoms with E-state index in [1.165, 1.54) is 0 Å². The number of hydrogen-bond donors (Lipinski definition) is 1. The van der Waals surface area contributed by atoms with Gasteiger partial charge in [0.25, 0.3) is 5.91 Å². The Bertz CT molecular complexity index is 637. The average molecular weight is 304 g/mol. The van der Waals surface area contributed by atoms with Crippen LogP contribution in [0.2, 0.25) is 5.02 Å². The zero-order valence-corrected chi connectivity index (χ0v) is 11.9. The number of rotatable bonds is 3. The molecule has 3 rings (SSSR count). The number of carbonyl (C=O) groups excluding carboxylic acids is 1. The number of fused-ring (bicyclic) bond motifs is 1. The van der Waals surface area contributed by atoms with Crippen LogP contribution in [0.4, 0.5) is 0 Å². The lowest BCUT2D eigenvalue weighted by Gasteiger charge is -2.36. The first-order chi connectivity index (χ1) is 10.2. The first-order valence-corrected chi connectivity index (χ1v) is 7.03. The number of nitrogens with zero attached hydrogens (tertiary/aromatic N) is 3. The van der Waals surface area contributed by atoms with Crippen LogP contribution in [-0.4, -0.2) is 47.2 Å². The number of benzene rings is 1. The fourth-order valence-corrected chi connectivity index (χ4v) is 2.60. The summed E-state index contributed by atoms with van der Waals surface area (Å²) < 4.78 is 0. The quantitative estimate of drug-likeness (QED) is 0.922. The second kappa shape index (κ2) is 5.79. The molecule has 21 heavy (non-hydrogen) atoms. The highest BCUT2D eigenvalue weighted by atomic mass is 35.5. The topological polar surface area (TPSA) is 65.3 Å². The third-order valence-corrected chi connectivity index (χ3v) is 3.71. The van der Waals surface area contributed by atoms with Gasteiger partial charge in [-0.2, -0.15) is 0 Å². The third-order valence-electron chi connectivity index (χ3n) is 3.46. The molecule has 0 saturated carbocycles. The summed E-state index contributed by atoms with van der Waals surface area (Å²) in [6.45, 7) is 0.125. The van der Waals surface area contributed by atoms with Gasteiger partial charge in [0, 0.05) is 17.8 Å². The Morgan fingerprint density at radius 2 is 2.05 bits per heavy atom. The van der Waals surface area contributed by atoms with Crippen molar-refractivity contribution in [2.24, 2.45) is 9.98 Å². The van der Waals surface area contributed by atoms with E-state index in [0.29, 0.717) is 5.02 Å². The zero-order valence-electron chi connectivity index (χ0n) is 11.2. The van der Waals surface area contributed by atoms with E-state index in [1.807, 2.05) is 6.08 Å². The van der Waals surface area contributed by atoms with Crippen LogP contribution < -0.4 is 0 Å². The van der Waals surface area contributed by atoms with Crippen LogP contribution in [0.1, 0.15) is 11.6 Å². The molecule has 0 aromatic heterocycles. The molecule has 2 aliphatic heterocycles. The van der Waals surface area contributed by atoms with Crippen molar-refractivity contribution in [3.05, 3.63) is 47.0 Å². The van der Waals surface area contributed by atoms with Crippen molar-refractivity contribution in [2.75, 3.05) is 13.2 Å². The van der Waals surface area contributed by atoms with Gasteiger partial charge < -0.3 is 10.0 Å². The molecule has 108 valence electrons. The normalized spacial score (nSPS) is 24.0. The third kappa shape index (κ3) is 2.62. The number of halogens is 1. The van der Waals surface area contributed by atoms with E-state index in [0.717, 1.165) is 11.3 Å². The standard InChI is InChI=1S/C15H14ClN3O2/c16-11-5-3-10(4-6-11)13-15(21)19(8-9-20)14-12(18-13)2-1-7-17-14/h1-7,13-14,20H,8-9H2. The van der Waals surface area contributed by atoms with Crippen LogP contribution in [0.3, 0.4) is 0 Å². The summed E-state index contributed by atoms with van der Waals surface area (Å²) in [6, 6.07) is 6.45. The number of dihydropyridines is 1. The maximum Gasteiger partial charge on any atom is 0.254 e. The first-order valence-electron chi connectivity index (χ1n) is 6.65. The molecule has 0 bridgehead atoms. The molecule has 0 fully saturated rings. The molecule has 1 aromatic rings. The Morgan fingerprint density at radius 3 is 2.76 bits per heavy atom. The number of aliphatic imine (C=N–C) groups is 2. The van der Waals surface area contributed by atoms with Crippen LogP contribution in [0.25, 0.3) is 0 Å². The van der Waals surface area contributed by atoms with Crippen LogP contribution >= 0.6 is 11.6 Å². The summed E-state index contributed by atoms with van der Waals surface area (Å²) in [4.78, 5) is 23.0. The first kappa shape index (κ1) is 14.0. The Labute approximate surface area is 127 Å². The highest BCUT2D eigenvalue weighted by Crippen LogP contribution is 2.28. The molecule has 2 aliphatic rings. The molecule has 0 spiro atoms. The van der Waals surface area contributed by atoms with Crippen molar-refractivity contribution in [3.8, 4) is 0 Å². The van der Waals surface area contributed by atoms with Gasteiger partial charge in [-0.15, -0.1) is 0 Å². The molecule has 2 atom stereocenters. The molecule has 1 amide bonds. The molecular weight excluding hydrogens is 290 g/mol. The van der Waals surface area contributed by atoms with Gasteiger partial charge in [-0.3, -0.25) is 14.8 Å². The van der Waals surface area contributed by atoms with Crippen molar-refractivity contribution in [3.63, 3.8) is 0 Å². The van der Waals surface area contributed by atoms with E-state index >= 15 is 0 Å². The second-order valence-corrected chi connectivity index (χ2v) is 5.23. The Kier molecular flexibility index (Phi) is 3.86. The van der Waals surface area contributed by atoms with Gasteiger partial charge in [0.1, 0.15) is 0 Å². The summed E-state index contributed by atoms with van der Waals surface area (Å²) in [5.41, 5.74) is 1.51. The summed E-state index contributed by atoms with van der Waals surface area (Å²) in [5.74, 6) is -0.160. The van der Waals surface area contributed by atoms with Crippen molar-refractivity contribution in [1.82, 2.24) is 4.90 Å². The summed E-state index contributed by atoms with van der Waals surface area (Å²) in [6.07, 6.45) is 4.85. The molecule has 1 aromatic carbocycles. The zero-order chi connectivity index (χ0) is 14.8. The van der Waals surface area contributed by atoms with Gasteiger partial charge in [-0.25, -0.2) is 0 Å². The van der Waals surface area contributed by atoms with Crippen LogP contribution in [0.15, 0.2) is 46.4 Å². The minimum Gasteiger partial charge on any atom is -0.395 e. The van der Waals surface area contributed by atoms with Gasteiger partial charge >= 0.3 is 0 Å². The fourth-order valence-electron chi connectivity index (χ4n) is 2.47. The van der Waals surface area contributed by atoms with Crippen LogP contribution in [0, 0.1) is 0 Å². The summed E-state index contributed by atoms with van der Waals surface area (Å²) in [7, 11) is 0. The highest BCUT2D eigenvalue weighted by Gasteiger charge is 2.37. The molecule has 0 saturated heterocycles. The van der Waals surface area contributed by atoms with Crippen molar-refractivity contribution >= 4 is 29.4 Å². The Morgan fingerprint density at radius 1 is 1.29 bits per heavy atom. The lowest BCUT2D eigenvalue weighted by Crippen LogP contribution is -2.50. The number of β-amino-alcohol motifs (C(OH)–C–C–N with tert-alkyl or cyclic N) is 1. The largest absolute Gasteiger partial charge is 0.395 e. The molecule has 0 radical (unpaired) electrons. The van der Waals surface area contributed by atoms with E-state index in [2.05, 4.69) is 9.98 Å². The minimum atomic E-state index is -0.613. The van der Waals surface area contributed by atoms with Gasteiger partial charge in [0.2, 0.25) is 0 Å². The monoisotopic (exact) mass is 303 g/mol. The number of carbonyl (C=O) groups is 1. The van der Waals surface area contributed by atoms with Gasteiger partial charge in [0.15, 0.2) is 12.2 Å². The predicted molar refractivity (Wildman–Crippen MR) is 81.8 cm³/mol. The number of hydrogen-bond acceptors (Lipinski definition) is 4. The lowest BCUT2D eigenvalue weighted by atomic mass is 10.0. The van der Waals surface area contributed by atoms with Gasteiger partial charge in [0.05, 0.1) is 12.3 Å². The number of allylic oxidation sites excluding steroid dienone is 1. The molecule has 6 heteroatoms. The summed E-state index contributed by atoms with van der Waals surface area (Å²) in [5, 5.41) is 9.81. The summed E-state index contributed by atoms with van der Waals surface area (Å²) >= 11 is 5.88. The smallest absolute Gasteiger partial charge is 0.254 e. The predicted octanol–water partition coefficient (Wildman–Crippen LogP) is 1.62.